The van der Waals surface area contributed by atoms with Crippen LogP contribution in [0.2, 0.25) is 0 Å². The number of nitrogens with one attached hydrogen (secondary N) is 2. The second kappa shape index (κ2) is 7.49. The van der Waals surface area contributed by atoms with Gasteiger partial charge in [-0.3, -0.25) is 19.7 Å². The molecule has 0 spiro atoms. The zero-order valence-electron chi connectivity index (χ0n) is 15.8. The Morgan fingerprint density at radius 2 is 2.07 bits per heavy atom. The number of nitro groups is 1. The number of nitro benzene ring substituents is 1. The molecule has 0 aliphatic rings. The van der Waals surface area contributed by atoms with Crippen molar-refractivity contribution in [2.75, 3.05) is 19.4 Å². The number of hydrogen-bond acceptors (Lipinski definition) is 7. The Bertz CT molecular complexity index is 1150. The zero-order chi connectivity index (χ0) is 20.6. The maximum Gasteiger partial charge on any atom is 0.293 e. The highest BCUT2D eigenvalue weighted by Crippen LogP contribution is 2.30. The van der Waals surface area contributed by atoms with Crippen LogP contribution in [-0.2, 0) is 6.54 Å². The molecule has 3 aromatic rings. The van der Waals surface area contributed by atoms with Crippen LogP contribution < -0.4 is 10.9 Å². The fourth-order valence-electron chi connectivity index (χ4n) is 2.86. The van der Waals surface area contributed by atoms with Crippen molar-refractivity contribution < 1.29 is 9.72 Å². The fraction of sp³-hybridized carbons (Fsp3) is 0.278. The summed E-state index contributed by atoms with van der Waals surface area (Å²) in [7, 11) is 3.72. The summed E-state index contributed by atoms with van der Waals surface area (Å²) >= 11 is 1.09. The van der Waals surface area contributed by atoms with Crippen LogP contribution in [0.3, 0.4) is 0 Å². The molecule has 3 rings (SSSR count). The van der Waals surface area contributed by atoms with Crippen molar-refractivity contribution in [1.29, 1.82) is 0 Å². The Hall–Kier alpha value is -3.11. The number of benzene rings is 1. The van der Waals surface area contributed by atoms with Crippen LogP contribution in [0.1, 0.15) is 26.6 Å². The van der Waals surface area contributed by atoms with E-state index in [1.807, 2.05) is 19.0 Å². The van der Waals surface area contributed by atoms with Crippen LogP contribution in [0, 0.1) is 24.0 Å². The molecule has 0 unspecified atom stereocenters. The maximum absolute atomic E-state index is 12.8. The van der Waals surface area contributed by atoms with Gasteiger partial charge >= 0.3 is 0 Å². The lowest BCUT2D eigenvalue weighted by Gasteiger charge is -2.07. The molecule has 2 heterocycles. The van der Waals surface area contributed by atoms with Gasteiger partial charge in [0.25, 0.3) is 17.2 Å². The molecule has 0 aliphatic heterocycles. The van der Waals surface area contributed by atoms with Gasteiger partial charge in [0.1, 0.15) is 16.3 Å². The standard InChI is InChI=1S/C18H19N5O4S/c1-9-5-6-11(12(7-9)23(26)27)19-17(25)15-10(2)14-16(24)20-13(8-22(3)4)21-18(14)28-15/h5-7H,8H2,1-4H3,(H,19,25)(H,20,21,24). The van der Waals surface area contributed by atoms with Gasteiger partial charge in [-0.15, -0.1) is 11.3 Å². The third kappa shape index (κ3) is 3.78. The summed E-state index contributed by atoms with van der Waals surface area (Å²) in [5.41, 5.74) is 0.823. The highest BCUT2D eigenvalue weighted by atomic mass is 32.1. The lowest BCUT2D eigenvalue weighted by Crippen LogP contribution is -2.18. The number of aromatic nitrogens is 2. The first kappa shape index (κ1) is 19.6. The first-order valence-electron chi connectivity index (χ1n) is 8.40. The summed E-state index contributed by atoms with van der Waals surface area (Å²) in [6, 6.07) is 4.57. The zero-order valence-corrected chi connectivity index (χ0v) is 16.6. The number of thiophene rings is 1. The molecule has 0 atom stereocenters. The lowest BCUT2D eigenvalue weighted by molar-refractivity contribution is -0.384. The predicted octanol–water partition coefficient (Wildman–Crippen LogP) is 2.82. The third-order valence-corrected chi connectivity index (χ3v) is 5.30. The lowest BCUT2D eigenvalue weighted by atomic mass is 10.1. The number of rotatable bonds is 5. The number of hydrogen-bond donors (Lipinski definition) is 2. The van der Waals surface area contributed by atoms with E-state index in [1.165, 1.54) is 12.1 Å². The Kier molecular flexibility index (Phi) is 5.25. The average molecular weight is 401 g/mol. The van der Waals surface area contributed by atoms with Crippen LogP contribution in [0.15, 0.2) is 23.0 Å². The maximum atomic E-state index is 12.8. The van der Waals surface area contributed by atoms with Gasteiger partial charge < -0.3 is 15.2 Å². The molecule has 0 radical (unpaired) electrons. The molecule has 0 saturated heterocycles. The van der Waals surface area contributed by atoms with E-state index in [0.717, 1.165) is 11.3 Å². The van der Waals surface area contributed by atoms with E-state index in [0.29, 0.717) is 38.6 Å². The topological polar surface area (TPSA) is 121 Å². The van der Waals surface area contributed by atoms with E-state index in [2.05, 4.69) is 15.3 Å². The van der Waals surface area contributed by atoms with Crippen molar-refractivity contribution in [3.8, 4) is 0 Å². The fourth-order valence-corrected chi connectivity index (χ4v) is 3.95. The molecule has 0 bridgehead atoms. The Balaban J connectivity index is 2.01. The van der Waals surface area contributed by atoms with Gasteiger partial charge in [0.2, 0.25) is 0 Å². The molecule has 10 heteroatoms. The molecule has 2 N–H and O–H groups in total. The van der Waals surface area contributed by atoms with Crippen LogP contribution in [0.25, 0.3) is 10.2 Å². The van der Waals surface area contributed by atoms with Crippen molar-refractivity contribution in [3.63, 3.8) is 0 Å². The molecule has 9 nitrogen and oxygen atoms in total. The number of anilines is 1. The number of fused-ring (bicyclic) bond motifs is 1. The van der Waals surface area contributed by atoms with Crippen molar-refractivity contribution in [2.45, 2.75) is 20.4 Å². The second-order valence-corrected chi connectivity index (χ2v) is 7.72. The average Bonchev–Trinajstić information content (AvgIpc) is 2.92. The number of amides is 1. The van der Waals surface area contributed by atoms with Gasteiger partial charge in [-0.25, -0.2) is 4.98 Å². The molecular weight excluding hydrogens is 382 g/mol. The van der Waals surface area contributed by atoms with Crippen molar-refractivity contribution in [2.24, 2.45) is 0 Å². The minimum Gasteiger partial charge on any atom is -0.316 e. The number of carbonyl (C=O) groups is 1. The summed E-state index contributed by atoms with van der Waals surface area (Å²) < 4.78 is 0. The molecule has 28 heavy (non-hydrogen) atoms. The molecular formula is C18H19N5O4S. The van der Waals surface area contributed by atoms with Crippen LogP contribution in [0.4, 0.5) is 11.4 Å². The Morgan fingerprint density at radius 3 is 2.71 bits per heavy atom. The Morgan fingerprint density at radius 1 is 1.36 bits per heavy atom. The SMILES string of the molecule is Cc1ccc(NC(=O)c2sc3nc(CN(C)C)[nH]c(=O)c3c2C)c([N+](=O)[O-])c1. The van der Waals surface area contributed by atoms with Gasteiger partial charge in [-0.1, -0.05) is 6.07 Å². The van der Waals surface area contributed by atoms with Gasteiger partial charge in [0.05, 0.1) is 21.7 Å². The quantitative estimate of drug-likeness (QED) is 0.501. The minimum atomic E-state index is -0.541. The largest absolute Gasteiger partial charge is 0.316 e. The summed E-state index contributed by atoms with van der Waals surface area (Å²) in [6.07, 6.45) is 0. The first-order chi connectivity index (χ1) is 13.2. The monoisotopic (exact) mass is 401 g/mol. The second-order valence-electron chi connectivity index (χ2n) is 6.72. The highest BCUT2D eigenvalue weighted by molar-refractivity contribution is 7.20. The van der Waals surface area contributed by atoms with Gasteiger partial charge in [0, 0.05) is 6.07 Å². The normalized spacial score (nSPS) is 11.2. The van der Waals surface area contributed by atoms with Gasteiger partial charge in [-0.2, -0.15) is 0 Å². The van der Waals surface area contributed by atoms with Gasteiger partial charge in [-0.05, 0) is 45.1 Å². The van der Waals surface area contributed by atoms with Crippen LogP contribution >= 0.6 is 11.3 Å². The summed E-state index contributed by atoms with van der Waals surface area (Å²) in [4.78, 5) is 45.7. The number of aryl methyl sites for hydroxylation is 2. The molecule has 1 amide bonds. The number of nitrogens with zero attached hydrogens (tertiary/aromatic N) is 3. The predicted molar refractivity (Wildman–Crippen MR) is 108 cm³/mol. The number of aromatic amines is 1. The highest BCUT2D eigenvalue weighted by Gasteiger charge is 2.22. The number of H-pyrrole nitrogens is 1. The molecule has 146 valence electrons. The molecule has 1 aromatic carbocycles. The molecule has 0 saturated carbocycles. The number of carbonyl (C=O) groups excluding carboxylic acids is 1. The van der Waals surface area contributed by atoms with E-state index in [-0.39, 0.29) is 16.9 Å². The van der Waals surface area contributed by atoms with E-state index >= 15 is 0 Å². The van der Waals surface area contributed by atoms with E-state index in [4.69, 9.17) is 0 Å². The third-order valence-electron chi connectivity index (χ3n) is 4.12. The van der Waals surface area contributed by atoms with Crippen molar-refractivity contribution in [1.82, 2.24) is 14.9 Å². The molecule has 2 aromatic heterocycles. The molecule has 0 aliphatic carbocycles. The van der Waals surface area contributed by atoms with E-state index in [1.54, 1.807) is 19.9 Å². The van der Waals surface area contributed by atoms with Gasteiger partial charge in [0.15, 0.2) is 0 Å². The van der Waals surface area contributed by atoms with Crippen LogP contribution in [0.5, 0.6) is 0 Å². The van der Waals surface area contributed by atoms with Crippen LogP contribution in [-0.4, -0.2) is 39.8 Å². The van der Waals surface area contributed by atoms with E-state index in [9.17, 15) is 19.7 Å². The Labute approximate surface area is 164 Å². The smallest absolute Gasteiger partial charge is 0.293 e. The summed E-state index contributed by atoms with van der Waals surface area (Å²) in [5.74, 6) is -0.00843. The van der Waals surface area contributed by atoms with E-state index < -0.39 is 10.8 Å². The van der Waals surface area contributed by atoms with Crippen molar-refractivity contribution in [3.05, 3.63) is 60.5 Å². The molecule has 0 fully saturated rings. The summed E-state index contributed by atoms with van der Waals surface area (Å²) in [6.45, 7) is 3.86. The van der Waals surface area contributed by atoms with Crippen molar-refractivity contribution >= 4 is 38.8 Å². The minimum absolute atomic E-state index is 0.104. The first-order valence-corrected chi connectivity index (χ1v) is 9.22. The summed E-state index contributed by atoms with van der Waals surface area (Å²) in [5, 5.41) is 14.2.